The average molecular weight is 293 g/mol. The summed E-state index contributed by atoms with van der Waals surface area (Å²) in [6.45, 7) is 0. The standard InChI is InChI=1S/C11H11N5OS2/c1-16(2)9-14-15-11(18-9)19-10-13-7-5-6(12)3-4-8(7)17-10/h3-5H,12H2,1-2H3. The maximum Gasteiger partial charge on any atom is 0.264 e. The fourth-order valence-corrected chi connectivity index (χ4v) is 3.08. The van der Waals surface area contributed by atoms with E-state index in [2.05, 4.69) is 15.2 Å². The van der Waals surface area contributed by atoms with Crippen LogP contribution in [0.2, 0.25) is 0 Å². The molecule has 2 N–H and O–H groups in total. The molecule has 2 heterocycles. The number of nitrogens with two attached hydrogens (primary N) is 1. The Morgan fingerprint density at radius 2 is 2.16 bits per heavy atom. The third-order valence-electron chi connectivity index (χ3n) is 2.34. The molecule has 0 radical (unpaired) electrons. The fourth-order valence-electron chi connectivity index (χ4n) is 1.47. The Morgan fingerprint density at radius 1 is 1.32 bits per heavy atom. The molecule has 0 amide bonds. The smallest absolute Gasteiger partial charge is 0.264 e. The van der Waals surface area contributed by atoms with Gasteiger partial charge in [-0.3, -0.25) is 0 Å². The molecule has 0 atom stereocenters. The van der Waals surface area contributed by atoms with Gasteiger partial charge in [-0.05, 0) is 18.2 Å². The molecule has 8 heteroatoms. The summed E-state index contributed by atoms with van der Waals surface area (Å²) in [4.78, 5) is 6.28. The van der Waals surface area contributed by atoms with Crippen LogP contribution in [0.25, 0.3) is 11.1 Å². The zero-order valence-electron chi connectivity index (χ0n) is 10.3. The largest absolute Gasteiger partial charge is 0.431 e. The van der Waals surface area contributed by atoms with E-state index in [1.54, 1.807) is 12.1 Å². The Kier molecular flexibility index (Phi) is 3.03. The van der Waals surface area contributed by atoms with Crippen LogP contribution in [-0.2, 0) is 0 Å². The molecule has 0 spiro atoms. The molecule has 2 aromatic heterocycles. The molecule has 6 nitrogen and oxygen atoms in total. The topological polar surface area (TPSA) is 81.1 Å². The number of fused-ring (bicyclic) bond motifs is 1. The first-order chi connectivity index (χ1) is 9.11. The number of rotatable bonds is 3. The maximum absolute atomic E-state index is 5.71. The highest BCUT2D eigenvalue weighted by atomic mass is 32.2. The zero-order valence-corrected chi connectivity index (χ0v) is 12.0. The van der Waals surface area contributed by atoms with Gasteiger partial charge in [-0.25, -0.2) is 4.98 Å². The summed E-state index contributed by atoms with van der Waals surface area (Å²) in [5.74, 6) is 0. The predicted molar refractivity (Wildman–Crippen MR) is 76.8 cm³/mol. The second kappa shape index (κ2) is 4.71. The molecule has 0 aliphatic carbocycles. The minimum Gasteiger partial charge on any atom is -0.431 e. The molecule has 98 valence electrons. The summed E-state index contributed by atoms with van der Waals surface area (Å²) in [7, 11) is 3.86. The number of hydrogen-bond acceptors (Lipinski definition) is 8. The van der Waals surface area contributed by atoms with Crippen molar-refractivity contribution in [2.75, 3.05) is 24.7 Å². The number of anilines is 2. The Hall–Kier alpha value is -1.80. The second-order valence-electron chi connectivity index (χ2n) is 4.05. The van der Waals surface area contributed by atoms with Gasteiger partial charge in [0, 0.05) is 31.5 Å². The van der Waals surface area contributed by atoms with Gasteiger partial charge in [0.2, 0.25) is 5.13 Å². The van der Waals surface area contributed by atoms with Gasteiger partial charge in [-0.15, -0.1) is 10.2 Å². The second-order valence-corrected chi connectivity index (χ2v) is 6.21. The van der Waals surface area contributed by atoms with Crippen molar-refractivity contribution in [2.45, 2.75) is 9.56 Å². The average Bonchev–Trinajstić information content (AvgIpc) is 2.95. The Balaban J connectivity index is 1.87. The van der Waals surface area contributed by atoms with Crippen molar-refractivity contribution in [1.82, 2.24) is 15.2 Å². The number of nitrogens with zero attached hydrogens (tertiary/aromatic N) is 4. The van der Waals surface area contributed by atoms with Crippen molar-refractivity contribution in [2.24, 2.45) is 0 Å². The molecule has 3 aromatic rings. The van der Waals surface area contributed by atoms with E-state index >= 15 is 0 Å². The summed E-state index contributed by atoms with van der Waals surface area (Å²) in [6, 6.07) is 5.39. The lowest BCUT2D eigenvalue weighted by molar-refractivity contribution is 0.489. The minimum absolute atomic E-state index is 0.544. The third kappa shape index (κ3) is 2.49. The molecule has 3 rings (SSSR count). The summed E-state index contributed by atoms with van der Waals surface area (Å²) in [5.41, 5.74) is 7.84. The summed E-state index contributed by atoms with van der Waals surface area (Å²) in [5, 5.41) is 9.54. The number of benzene rings is 1. The lowest BCUT2D eigenvalue weighted by Gasteiger charge is -2.03. The van der Waals surface area contributed by atoms with Crippen LogP contribution in [0.4, 0.5) is 10.8 Å². The molecule has 0 saturated heterocycles. The van der Waals surface area contributed by atoms with Gasteiger partial charge in [0.05, 0.1) is 0 Å². The summed E-state index contributed by atoms with van der Waals surface area (Å²) < 4.78 is 6.41. The van der Waals surface area contributed by atoms with E-state index in [1.165, 1.54) is 23.1 Å². The zero-order chi connectivity index (χ0) is 13.4. The Bertz CT molecular complexity index is 721. The van der Waals surface area contributed by atoms with Crippen LogP contribution in [0.15, 0.2) is 32.2 Å². The van der Waals surface area contributed by atoms with Crippen LogP contribution < -0.4 is 10.6 Å². The van der Waals surface area contributed by atoms with Gasteiger partial charge >= 0.3 is 0 Å². The molecular formula is C11H11N5OS2. The summed E-state index contributed by atoms with van der Waals surface area (Å²) >= 11 is 2.85. The van der Waals surface area contributed by atoms with Crippen molar-refractivity contribution in [3.05, 3.63) is 18.2 Å². The number of nitrogen functional groups attached to an aromatic ring is 1. The van der Waals surface area contributed by atoms with Crippen LogP contribution in [0.3, 0.4) is 0 Å². The molecule has 1 aromatic carbocycles. The Labute approximate surface area is 117 Å². The monoisotopic (exact) mass is 293 g/mol. The molecule has 0 aliphatic rings. The van der Waals surface area contributed by atoms with Crippen LogP contribution in [-0.4, -0.2) is 29.3 Å². The van der Waals surface area contributed by atoms with E-state index in [0.29, 0.717) is 16.5 Å². The van der Waals surface area contributed by atoms with Crippen LogP contribution in [0.5, 0.6) is 0 Å². The fraction of sp³-hybridized carbons (Fsp3) is 0.182. The van der Waals surface area contributed by atoms with Gasteiger partial charge < -0.3 is 15.1 Å². The van der Waals surface area contributed by atoms with Crippen molar-refractivity contribution >= 4 is 45.0 Å². The van der Waals surface area contributed by atoms with Gasteiger partial charge in [0.25, 0.3) is 5.22 Å². The summed E-state index contributed by atoms with van der Waals surface area (Å²) in [6.07, 6.45) is 0. The van der Waals surface area contributed by atoms with Crippen molar-refractivity contribution in [3.8, 4) is 0 Å². The van der Waals surface area contributed by atoms with E-state index in [0.717, 1.165) is 15.0 Å². The SMILES string of the molecule is CN(C)c1nnc(Sc2nc3cc(N)ccc3o2)s1. The van der Waals surface area contributed by atoms with E-state index in [-0.39, 0.29) is 0 Å². The molecule has 0 bridgehead atoms. The van der Waals surface area contributed by atoms with Crippen molar-refractivity contribution in [1.29, 1.82) is 0 Å². The highest BCUT2D eigenvalue weighted by Crippen LogP contribution is 2.34. The first-order valence-electron chi connectivity index (χ1n) is 5.46. The number of aromatic nitrogens is 3. The number of oxazole rings is 1. The lowest BCUT2D eigenvalue weighted by atomic mass is 10.3. The van der Waals surface area contributed by atoms with Gasteiger partial charge in [-0.1, -0.05) is 11.3 Å². The molecule has 0 aliphatic heterocycles. The highest BCUT2D eigenvalue weighted by Gasteiger charge is 2.12. The molecule has 0 fully saturated rings. The first kappa shape index (κ1) is 12.2. The lowest BCUT2D eigenvalue weighted by Crippen LogP contribution is -2.07. The normalized spacial score (nSPS) is 11.1. The van der Waals surface area contributed by atoms with Gasteiger partial charge in [0.15, 0.2) is 9.92 Å². The molecule has 0 unspecified atom stereocenters. The van der Waals surface area contributed by atoms with E-state index < -0.39 is 0 Å². The van der Waals surface area contributed by atoms with Gasteiger partial charge in [0.1, 0.15) is 5.52 Å². The predicted octanol–water partition coefficient (Wildman–Crippen LogP) is 2.48. The first-order valence-corrected chi connectivity index (χ1v) is 7.10. The van der Waals surface area contributed by atoms with E-state index in [1.807, 2.05) is 25.1 Å². The van der Waals surface area contributed by atoms with Crippen LogP contribution >= 0.6 is 23.1 Å². The third-order valence-corrected chi connectivity index (χ3v) is 4.34. The molecule has 0 saturated carbocycles. The van der Waals surface area contributed by atoms with E-state index in [4.69, 9.17) is 10.2 Å². The Morgan fingerprint density at radius 3 is 2.89 bits per heavy atom. The number of hydrogen-bond donors (Lipinski definition) is 1. The van der Waals surface area contributed by atoms with Crippen molar-refractivity contribution < 1.29 is 4.42 Å². The molecule has 19 heavy (non-hydrogen) atoms. The van der Waals surface area contributed by atoms with Gasteiger partial charge in [-0.2, -0.15) is 0 Å². The quantitative estimate of drug-likeness (QED) is 0.743. The molecular weight excluding hydrogens is 282 g/mol. The van der Waals surface area contributed by atoms with Crippen LogP contribution in [0.1, 0.15) is 0 Å². The highest BCUT2D eigenvalue weighted by molar-refractivity contribution is 8.00. The van der Waals surface area contributed by atoms with E-state index in [9.17, 15) is 0 Å². The van der Waals surface area contributed by atoms with Crippen molar-refractivity contribution in [3.63, 3.8) is 0 Å². The van der Waals surface area contributed by atoms with Crippen LogP contribution in [0, 0.1) is 0 Å². The maximum atomic E-state index is 5.71. The minimum atomic E-state index is 0.544.